The minimum Gasteiger partial charge on any atom is -0.355 e. The van der Waals surface area contributed by atoms with E-state index < -0.39 is 10.0 Å². The fourth-order valence-corrected chi connectivity index (χ4v) is 5.55. The summed E-state index contributed by atoms with van der Waals surface area (Å²) in [6.07, 6.45) is 1.04. The Hall–Kier alpha value is -1.94. The van der Waals surface area contributed by atoms with E-state index in [0.717, 1.165) is 19.5 Å². The number of guanidine groups is 1. The van der Waals surface area contributed by atoms with Crippen molar-refractivity contribution in [3.8, 4) is 0 Å². The van der Waals surface area contributed by atoms with E-state index >= 15 is 0 Å². The number of thiophene rings is 1. The summed E-state index contributed by atoms with van der Waals surface area (Å²) in [6, 6.07) is 14.6. The van der Waals surface area contributed by atoms with Gasteiger partial charge in [-0.05, 0) is 30.4 Å². The monoisotopic (exact) mass is 435 g/mol. The van der Waals surface area contributed by atoms with Crippen LogP contribution in [0.2, 0.25) is 0 Å². The molecule has 0 amide bonds. The minimum atomic E-state index is -3.43. The van der Waals surface area contributed by atoms with Gasteiger partial charge in [-0.1, -0.05) is 36.4 Å². The summed E-state index contributed by atoms with van der Waals surface area (Å²) in [6.45, 7) is 4.89. The van der Waals surface area contributed by atoms with Crippen LogP contribution in [-0.2, 0) is 16.6 Å². The van der Waals surface area contributed by atoms with Crippen molar-refractivity contribution < 1.29 is 8.42 Å². The first-order valence-corrected chi connectivity index (χ1v) is 12.1. The molecule has 9 heteroatoms. The summed E-state index contributed by atoms with van der Waals surface area (Å²) in [4.78, 5) is 6.74. The summed E-state index contributed by atoms with van der Waals surface area (Å²) in [7, 11) is -1.70. The van der Waals surface area contributed by atoms with E-state index in [-0.39, 0.29) is 0 Å². The van der Waals surface area contributed by atoms with E-state index in [2.05, 4.69) is 56.4 Å². The van der Waals surface area contributed by atoms with Crippen LogP contribution in [0.3, 0.4) is 0 Å². The third kappa shape index (κ3) is 6.27. The molecular weight excluding hydrogens is 406 g/mol. The molecule has 0 spiro atoms. The van der Waals surface area contributed by atoms with Crippen molar-refractivity contribution >= 4 is 27.3 Å². The maximum atomic E-state index is 12.1. The molecule has 0 bridgehead atoms. The zero-order valence-electron chi connectivity index (χ0n) is 16.8. The Morgan fingerprint density at radius 3 is 2.69 bits per heavy atom. The Bertz CT molecular complexity index is 885. The Balaban J connectivity index is 1.42. The largest absolute Gasteiger partial charge is 0.355 e. The third-order valence-corrected chi connectivity index (χ3v) is 7.82. The van der Waals surface area contributed by atoms with Gasteiger partial charge in [-0.25, -0.2) is 13.1 Å². The number of aliphatic imine (C=N–C) groups is 1. The molecule has 1 aromatic carbocycles. The van der Waals surface area contributed by atoms with Gasteiger partial charge in [0.1, 0.15) is 4.21 Å². The van der Waals surface area contributed by atoms with Gasteiger partial charge in [-0.3, -0.25) is 9.89 Å². The van der Waals surface area contributed by atoms with Crippen LogP contribution in [0.25, 0.3) is 0 Å². The van der Waals surface area contributed by atoms with Gasteiger partial charge in [-0.2, -0.15) is 0 Å². The minimum absolute atomic E-state index is 0.294. The molecule has 0 radical (unpaired) electrons. The van der Waals surface area contributed by atoms with E-state index in [1.807, 2.05) is 6.07 Å². The second-order valence-electron chi connectivity index (χ2n) is 7.17. The number of rotatable bonds is 8. The number of nitrogens with one attached hydrogen (secondary N) is 3. The van der Waals surface area contributed by atoms with Crippen molar-refractivity contribution in [2.45, 2.75) is 36.2 Å². The Morgan fingerprint density at radius 2 is 2.00 bits per heavy atom. The van der Waals surface area contributed by atoms with E-state index in [9.17, 15) is 8.42 Å². The second-order valence-corrected chi connectivity index (χ2v) is 10.1. The highest BCUT2D eigenvalue weighted by molar-refractivity contribution is 7.91. The molecule has 29 heavy (non-hydrogen) atoms. The normalized spacial score (nSPS) is 20.7. The van der Waals surface area contributed by atoms with Crippen molar-refractivity contribution in [2.75, 3.05) is 26.7 Å². The van der Waals surface area contributed by atoms with Crippen LogP contribution in [0.5, 0.6) is 0 Å². The van der Waals surface area contributed by atoms with Crippen LogP contribution in [0, 0.1) is 0 Å². The maximum absolute atomic E-state index is 12.1. The average Bonchev–Trinajstić information content (AvgIpc) is 3.36. The van der Waals surface area contributed by atoms with Gasteiger partial charge in [0.25, 0.3) is 0 Å². The van der Waals surface area contributed by atoms with E-state index in [4.69, 9.17) is 0 Å². The van der Waals surface area contributed by atoms with E-state index in [1.54, 1.807) is 24.6 Å². The first-order valence-electron chi connectivity index (χ1n) is 9.76. The quantitative estimate of drug-likeness (QED) is 0.335. The number of nitrogens with zero attached hydrogens (tertiary/aromatic N) is 2. The van der Waals surface area contributed by atoms with Gasteiger partial charge in [-0.15, -0.1) is 11.3 Å². The van der Waals surface area contributed by atoms with Crippen molar-refractivity contribution in [1.29, 1.82) is 0 Å². The number of hydrogen-bond donors (Lipinski definition) is 3. The molecule has 2 aromatic rings. The van der Waals surface area contributed by atoms with Gasteiger partial charge < -0.3 is 10.6 Å². The maximum Gasteiger partial charge on any atom is 0.250 e. The van der Waals surface area contributed by atoms with Gasteiger partial charge in [0.2, 0.25) is 10.0 Å². The Kier molecular flexibility index (Phi) is 7.65. The molecule has 0 saturated carbocycles. The lowest BCUT2D eigenvalue weighted by Crippen LogP contribution is -2.46. The number of hydrogen-bond acceptors (Lipinski definition) is 5. The molecule has 1 fully saturated rings. The molecule has 1 aliphatic rings. The van der Waals surface area contributed by atoms with Crippen LogP contribution in [0.15, 0.2) is 57.0 Å². The van der Waals surface area contributed by atoms with Crippen LogP contribution in [0.1, 0.15) is 18.9 Å². The zero-order valence-corrected chi connectivity index (χ0v) is 18.5. The predicted octanol–water partition coefficient (Wildman–Crippen LogP) is 1.85. The second kappa shape index (κ2) is 10.2. The van der Waals surface area contributed by atoms with Crippen molar-refractivity contribution in [2.24, 2.45) is 4.99 Å². The van der Waals surface area contributed by atoms with E-state index in [1.165, 1.54) is 16.9 Å². The molecule has 3 N–H and O–H groups in total. The van der Waals surface area contributed by atoms with Gasteiger partial charge in [0.15, 0.2) is 5.96 Å². The van der Waals surface area contributed by atoms with Gasteiger partial charge in [0.05, 0.1) is 0 Å². The lowest BCUT2D eigenvalue weighted by Gasteiger charge is -2.21. The molecule has 1 aromatic heterocycles. The highest BCUT2D eigenvalue weighted by Gasteiger charge is 2.29. The third-order valence-electron chi connectivity index (χ3n) is 4.97. The lowest BCUT2D eigenvalue weighted by atomic mass is 10.2. The fourth-order valence-electron chi connectivity index (χ4n) is 3.48. The first-order chi connectivity index (χ1) is 14.0. The Morgan fingerprint density at radius 1 is 1.21 bits per heavy atom. The smallest absolute Gasteiger partial charge is 0.250 e. The SMILES string of the molecule is CN=C(NCCNS(=O)(=O)c1cccs1)NC1CC(C)N(Cc2ccccc2)C1. The molecule has 2 unspecified atom stereocenters. The molecule has 2 heterocycles. The molecule has 0 aliphatic carbocycles. The standard InChI is InChI=1S/C20H29N5O2S2/c1-16-13-18(15-25(16)14-17-7-4-3-5-8-17)24-20(21-2)22-10-11-23-29(26,27)19-9-6-12-28-19/h3-9,12,16,18,23H,10-11,13-15H2,1-2H3,(H2,21,22,24). The molecule has 1 saturated heterocycles. The summed E-state index contributed by atoms with van der Waals surface area (Å²) in [5.41, 5.74) is 1.32. The highest BCUT2D eigenvalue weighted by atomic mass is 32.2. The van der Waals surface area contributed by atoms with Crippen LogP contribution in [-0.4, -0.2) is 58.0 Å². The van der Waals surface area contributed by atoms with E-state index in [0.29, 0.717) is 35.3 Å². The highest BCUT2D eigenvalue weighted by Crippen LogP contribution is 2.20. The summed E-state index contributed by atoms with van der Waals surface area (Å²) in [5, 5.41) is 8.40. The Labute approximate surface area is 177 Å². The van der Waals surface area contributed by atoms with Crippen molar-refractivity contribution in [3.63, 3.8) is 0 Å². The summed E-state index contributed by atoms with van der Waals surface area (Å²) >= 11 is 1.21. The van der Waals surface area contributed by atoms with Crippen molar-refractivity contribution in [3.05, 3.63) is 53.4 Å². The molecule has 2 atom stereocenters. The number of sulfonamides is 1. The molecule has 3 rings (SSSR count). The van der Waals surface area contributed by atoms with Crippen molar-refractivity contribution in [1.82, 2.24) is 20.3 Å². The van der Waals surface area contributed by atoms with Gasteiger partial charge in [0, 0.05) is 45.3 Å². The van der Waals surface area contributed by atoms with Gasteiger partial charge >= 0.3 is 0 Å². The molecule has 1 aliphatic heterocycles. The van der Waals surface area contributed by atoms with Crippen LogP contribution in [0.4, 0.5) is 0 Å². The first kappa shape index (κ1) is 21.8. The summed E-state index contributed by atoms with van der Waals surface area (Å²) in [5.74, 6) is 0.694. The van der Waals surface area contributed by atoms with Crippen LogP contribution >= 0.6 is 11.3 Å². The number of benzene rings is 1. The lowest BCUT2D eigenvalue weighted by molar-refractivity contribution is 0.258. The molecule has 7 nitrogen and oxygen atoms in total. The zero-order chi connectivity index (χ0) is 20.7. The predicted molar refractivity (Wildman–Crippen MR) is 119 cm³/mol. The molecular formula is C20H29N5O2S2. The molecule has 158 valence electrons. The fraction of sp³-hybridized carbons (Fsp3) is 0.450. The number of likely N-dealkylation sites (tertiary alicyclic amines) is 1. The van der Waals surface area contributed by atoms with Crippen LogP contribution < -0.4 is 15.4 Å². The summed E-state index contributed by atoms with van der Waals surface area (Å²) < 4.78 is 27.2. The average molecular weight is 436 g/mol. The topological polar surface area (TPSA) is 85.8 Å².